The summed E-state index contributed by atoms with van der Waals surface area (Å²) in [6.07, 6.45) is -3.10. The molecule has 1 fully saturated rings. The summed E-state index contributed by atoms with van der Waals surface area (Å²) in [5.74, 6) is -2.15. The Hall–Kier alpha value is -1.79. The SMILES string of the molecule is C=CC1CC(=O)N(C(=CC(=O)OCC)C(F)(F)F)C1. The zero-order chi connectivity index (χ0) is 14.6. The number of halogens is 3. The molecule has 0 bridgehead atoms. The van der Waals surface area contributed by atoms with Gasteiger partial charge in [-0.1, -0.05) is 6.08 Å². The number of rotatable bonds is 4. The molecule has 106 valence electrons. The molecule has 1 unspecified atom stereocenters. The smallest absolute Gasteiger partial charge is 0.431 e. The van der Waals surface area contributed by atoms with E-state index < -0.39 is 23.7 Å². The van der Waals surface area contributed by atoms with Gasteiger partial charge in [0.25, 0.3) is 0 Å². The van der Waals surface area contributed by atoms with Gasteiger partial charge in [-0.05, 0) is 6.92 Å². The normalized spacial score (nSPS) is 20.6. The number of alkyl halides is 3. The maximum Gasteiger partial charge on any atom is 0.431 e. The molecular weight excluding hydrogens is 263 g/mol. The van der Waals surface area contributed by atoms with Crippen molar-refractivity contribution < 1.29 is 27.5 Å². The molecule has 4 nitrogen and oxygen atoms in total. The number of hydrogen-bond donors (Lipinski definition) is 0. The van der Waals surface area contributed by atoms with Crippen molar-refractivity contribution in [3.8, 4) is 0 Å². The van der Waals surface area contributed by atoms with Crippen molar-refractivity contribution >= 4 is 11.9 Å². The predicted octanol–water partition coefficient (Wildman–Crippen LogP) is 2.03. The lowest BCUT2D eigenvalue weighted by atomic mass is 10.1. The summed E-state index contributed by atoms with van der Waals surface area (Å²) in [4.78, 5) is 23.3. The van der Waals surface area contributed by atoms with Crippen molar-refractivity contribution in [1.82, 2.24) is 4.90 Å². The first-order valence-electron chi connectivity index (χ1n) is 5.68. The van der Waals surface area contributed by atoms with Gasteiger partial charge in [0.2, 0.25) is 5.91 Å². The number of amides is 1. The molecule has 0 aromatic heterocycles. The lowest BCUT2D eigenvalue weighted by molar-refractivity contribution is -0.142. The minimum Gasteiger partial charge on any atom is -0.463 e. The fourth-order valence-corrected chi connectivity index (χ4v) is 1.73. The molecule has 0 aliphatic carbocycles. The van der Waals surface area contributed by atoms with Crippen LogP contribution in [0.2, 0.25) is 0 Å². The maximum absolute atomic E-state index is 12.9. The molecule has 0 aromatic carbocycles. The van der Waals surface area contributed by atoms with E-state index in [1.165, 1.54) is 13.0 Å². The second-order valence-electron chi connectivity index (χ2n) is 3.98. The summed E-state index contributed by atoms with van der Waals surface area (Å²) >= 11 is 0. The second-order valence-corrected chi connectivity index (χ2v) is 3.98. The lowest BCUT2D eigenvalue weighted by Crippen LogP contribution is -2.33. The van der Waals surface area contributed by atoms with E-state index in [2.05, 4.69) is 11.3 Å². The van der Waals surface area contributed by atoms with Gasteiger partial charge in [0.1, 0.15) is 5.70 Å². The van der Waals surface area contributed by atoms with Gasteiger partial charge in [-0.25, -0.2) is 4.79 Å². The van der Waals surface area contributed by atoms with Gasteiger partial charge in [-0.2, -0.15) is 13.2 Å². The van der Waals surface area contributed by atoms with Crippen molar-refractivity contribution in [3.63, 3.8) is 0 Å². The van der Waals surface area contributed by atoms with Gasteiger partial charge in [-0.15, -0.1) is 6.58 Å². The van der Waals surface area contributed by atoms with E-state index in [4.69, 9.17) is 0 Å². The standard InChI is InChI=1S/C12H14F3NO3/c1-3-8-5-10(17)16(7-8)9(12(13,14)15)6-11(18)19-4-2/h3,6,8H,1,4-5,7H2,2H3. The number of carbonyl (C=O) groups is 2. The van der Waals surface area contributed by atoms with Crippen LogP contribution >= 0.6 is 0 Å². The van der Waals surface area contributed by atoms with Crippen LogP contribution in [-0.4, -0.2) is 36.1 Å². The van der Waals surface area contributed by atoms with Crippen LogP contribution in [0.1, 0.15) is 13.3 Å². The highest BCUT2D eigenvalue weighted by Crippen LogP contribution is 2.33. The largest absolute Gasteiger partial charge is 0.463 e. The molecular formula is C12H14F3NO3. The topological polar surface area (TPSA) is 46.6 Å². The van der Waals surface area contributed by atoms with Gasteiger partial charge >= 0.3 is 12.1 Å². The average molecular weight is 277 g/mol. The zero-order valence-electron chi connectivity index (χ0n) is 10.4. The molecule has 0 saturated carbocycles. The molecule has 1 saturated heterocycles. The van der Waals surface area contributed by atoms with Crippen LogP contribution in [0, 0.1) is 5.92 Å². The first-order chi connectivity index (χ1) is 8.79. The summed E-state index contributed by atoms with van der Waals surface area (Å²) in [6.45, 7) is 4.76. The first kappa shape index (κ1) is 15.3. The van der Waals surface area contributed by atoms with Gasteiger partial charge in [0.15, 0.2) is 0 Å². The maximum atomic E-state index is 12.9. The zero-order valence-corrected chi connectivity index (χ0v) is 10.4. The van der Waals surface area contributed by atoms with Gasteiger partial charge in [0, 0.05) is 18.9 Å². The quantitative estimate of drug-likeness (QED) is 0.449. The highest BCUT2D eigenvalue weighted by atomic mass is 19.4. The van der Waals surface area contributed by atoms with Crippen molar-refractivity contribution in [2.75, 3.05) is 13.2 Å². The minimum atomic E-state index is -4.79. The Morgan fingerprint density at radius 1 is 1.58 bits per heavy atom. The number of hydrogen-bond acceptors (Lipinski definition) is 3. The summed E-state index contributed by atoms with van der Waals surface area (Å²) in [6, 6.07) is 0. The lowest BCUT2D eigenvalue weighted by Gasteiger charge is -2.22. The predicted molar refractivity (Wildman–Crippen MR) is 60.8 cm³/mol. The molecule has 7 heteroatoms. The monoisotopic (exact) mass is 277 g/mol. The second kappa shape index (κ2) is 5.90. The molecule has 1 aliphatic rings. The van der Waals surface area contributed by atoms with Crippen LogP contribution in [0.15, 0.2) is 24.4 Å². The number of carbonyl (C=O) groups excluding carboxylic acids is 2. The Kier molecular flexibility index (Phi) is 4.74. The third-order valence-corrected chi connectivity index (χ3v) is 2.61. The summed E-state index contributed by atoms with van der Waals surface area (Å²) in [5, 5.41) is 0. The molecule has 0 aromatic rings. The van der Waals surface area contributed by atoms with Gasteiger partial charge < -0.3 is 9.64 Å². The molecule has 1 rings (SSSR count). The van der Waals surface area contributed by atoms with Crippen molar-refractivity contribution in [3.05, 3.63) is 24.4 Å². The molecule has 1 aliphatic heterocycles. The highest BCUT2D eigenvalue weighted by Gasteiger charge is 2.43. The number of ether oxygens (including phenoxy) is 1. The Labute approximate surface area is 108 Å². The van der Waals surface area contributed by atoms with E-state index >= 15 is 0 Å². The van der Waals surface area contributed by atoms with Crippen LogP contribution in [0.4, 0.5) is 13.2 Å². The van der Waals surface area contributed by atoms with E-state index in [1.54, 1.807) is 0 Å². The Balaban J connectivity index is 3.02. The fourth-order valence-electron chi connectivity index (χ4n) is 1.73. The third kappa shape index (κ3) is 3.84. The van der Waals surface area contributed by atoms with Crippen molar-refractivity contribution in [1.29, 1.82) is 0 Å². The molecule has 1 heterocycles. The van der Waals surface area contributed by atoms with E-state index in [9.17, 15) is 22.8 Å². The minimum absolute atomic E-state index is 0.0380. The third-order valence-electron chi connectivity index (χ3n) is 2.61. The van der Waals surface area contributed by atoms with E-state index in [0.717, 1.165) is 0 Å². The van der Waals surface area contributed by atoms with Gasteiger partial charge in [0.05, 0.1) is 12.7 Å². The van der Waals surface area contributed by atoms with Crippen LogP contribution in [0.25, 0.3) is 0 Å². The molecule has 19 heavy (non-hydrogen) atoms. The molecule has 0 spiro atoms. The number of likely N-dealkylation sites (tertiary alicyclic amines) is 1. The Morgan fingerprint density at radius 2 is 2.21 bits per heavy atom. The van der Waals surface area contributed by atoms with Crippen LogP contribution in [0.3, 0.4) is 0 Å². The molecule has 1 atom stereocenters. The van der Waals surface area contributed by atoms with Gasteiger partial charge in [-0.3, -0.25) is 4.79 Å². The van der Waals surface area contributed by atoms with E-state index in [-0.39, 0.29) is 25.5 Å². The number of allylic oxidation sites excluding steroid dienone is 1. The van der Waals surface area contributed by atoms with Crippen LogP contribution < -0.4 is 0 Å². The van der Waals surface area contributed by atoms with Crippen molar-refractivity contribution in [2.45, 2.75) is 19.5 Å². The average Bonchev–Trinajstić information content (AvgIpc) is 2.66. The van der Waals surface area contributed by atoms with Crippen LogP contribution in [-0.2, 0) is 14.3 Å². The Morgan fingerprint density at radius 3 is 2.63 bits per heavy atom. The summed E-state index contributed by atoms with van der Waals surface area (Å²) < 4.78 is 43.1. The van der Waals surface area contributed by atoms with Crippen molar-refractivity contribution in [2.24, 2.45) is 5.92 Å². The number of esters is 1. The number of nitrogens with zero attached hydrogens (tertiary/aromatic N) is 1. The summed E-state index contributed by atoms with van der Waals surface area (Å²) in [7, 11) is 0. The highest BCUT2D eigenvalue weighted by molar-refractivity contribution is 5.86. The Bertz CT molecular complexity index is 415. The first-order valence-corrected chi connectivity index (χ1v) is 5.68. The van der Waals surface area contributed by atoms with E-state index in [0.29, 0.717) is 11.0 Å². The van der Waals surface area contributed by atoms with E-state index in [1.807, 2.05) is 0 Å². The summed E-state index contributed by atoms with van der Waals surface area (Å²) in [5.41, 5.74) is -1.29. The molecule has 0 N–H and O–H groups in total. The molecule has 1 amide bonds. The fraction of sp³-hybridized carbons (Fsp3) is 0.500. The molecule has 0 radical (unpaired) electrons. The van der Waals surface area contributed by atoms with Crippen LogP contribution in [0.5, 0.6) is 0 Å².